The van der Waals surface area contributed by atoms with E-state index in [4.69, 9.17) is 9.47 Å². The first-order valence-corrected chi connectivity index (χ1v) is 8.99. The largest absolute Gasteiger partial charge is 0.490 e. The van der Waals surface area contributed by atoms with Gasteiger partial charge in [0, 0.05) is 0 Å². The van der Waals surface area contributed by atoms with Crippen LogP contribution in [-0.4, -0.2) is 18.3 Å². The van der Waals surface area contributed by atoms with Gasteiger partial charge < -0.3 is 14.3 Å². The van der Waals surface area contributed by atoms with Crippen LogP contribution >= 0.6 is 15.9 Å². The van der Waals surface area contributed by atoms with Gasteiger partial charge in [-0.3, -0.25) is 0 Å². The third-order valence-corrected chi connectivity index (χ3v) is 4.33. The Bertz CT molecular complexity index is 875. The maximum atomic E-state index is 11.7. The Morgan fingerprint density at radius 2 is 1.96 bits per heavy atom. The Labute approximate surface area is 160 Å². The highest BCUT2D eigenvalue weighted by Gasteiger charge is 2.22. The topological polar surface area (TPSA) is 57.1 Å². The van der Waals surface area contributed by atoms with Crippen molar-refractivity contribution >= 4 is 33.7 Å². The van der Waals surface area contributed by atoms with Gasteiger partial charge in [0.15, 0.2) is 11.5 Å². The molecule has 3 rings (SSSR count). The molecule has 0 saturated heterocycles. The van der Waals surface area contributed by atoms with Crippen LogP contribution in [0.15, 0.2) is 57.7 Å². The lowest BCUT2D eigenvalue weighted by Crippen LogP contribution is -2.03. The zero-order chi connectivity index (χ0) is 18.5. The molecule has 26 heavy (non-hydrogen) atoms. The molecule has 0 amide bonds. The van der Waals surface area contributed by atoms with Gasteiger partial charge in [-0.05, 0) is 59.1 Å². The van der Waals surface area contributed by atoms with Gasteiger partial charge in [-0.1, -0.05) is 35.5 Å². The number of carbonyl (C=O) groups excluding carboxylic acids is 1. The van der Waals surface area contributed by atoms with Crippen LogP contribution in [0.2, 0.25) is 0 Å². The van der Waals surface area contributed by atoms with Crippen molar-refractivity contribution in [3.8, 4) is 11.5 Å². The molecular formula is C20H18BrNO4. The van der Waals surface area contributed by atoms with Gasteiger partial charge in [-0.2, -0.15) is 0 Å². The van der Waals surface area contributed by atoms with Crippen molar-refractivity contribution in [2.45, 2.75) is 20.5 Å². The predicted octanol–water partition coefficient (Wildman–Crippen LogP) is 4.74. The second-order valence-electron chi connectivity index (χ2n) is 5.65. The van der Waals surface area contributed by atoms with Crippen LogP contribution in [0, 0.1) is 0 Å². The molecule has 0 bridgehead atoms. The number of oxime groups is 1. The minimum Gasteiger partial charge on any atom is -0.490 e. The highest BCUT2D eigenvalue weighted by molar-refractivity contribution is 9.10. The fourth-order valence-electron chi connectivity index (χ4n) is 2.49. The van der Waals surface area contributed by atoms with Gasteiger partial charge >= 0.3 is 5.97 Å². The Balaban J connectivity index is 1.90. The maximum Gasteiger partial charge on any atom is 0.367 e. The number of carbonyl (C=O) groups is 1. The average Bonchev–Trinajstić information content (AvgIpc) is 2.94. The van der Waals surface area contributed by atoms with Gasteiger partial charge in [-0.15, -0.1) is 0 Å². The standard InChI is InChI=1S/C20H18BrNO4/c1-3-24-18-11-15(9-16-13(2)22-26-20(16)23)10-17(21)19(18)25-12-14-7-5-4-6-8-14/h4-11H,3,12H2,1-2H3/b16-9+. The van der Waals surface area contributed by atoms with Gasteiger partial charge in [0.05, 0.1) is 22.4 Å². The number of ether oxygens (including phenoxy) is 2. The Hall–Kier alpha value is -2.60. The summed E-state index contributed by atoms with van der Waals surface area (Å²) in [5, 5.41) is 3.69. The van der Waals surface area contributed by atoms with E-state index in [0.29, 0.717) is 36.0 Å². The minimum atomic E-state index is -0.457. The van der Waals surface area contributed by atoms with E-state index in [9.17, 15) is 4.79 Å². The van der Waals surface area contributed by atoms with Crippen LogP contribution < -0.4 is 9.47 Å². The smallest absolute Gasteiger partial charge is 0.367 e. The van der Waals surface area contributed by atoms with Crippen LogP contribution in [0.1, 0.15) is 25.0 Å². The van der Waals surface area contributed by atoms with Crippen LogP contribution in [-0.2, 0) is 16.2 Å². The summed E-state index contributed by atoms with van der Waals surface area (Å²) in [6, 6.07) is 13.6. The summed E-state index contributed by atoms with van der Waals surface area (Å²) in [5.74, 6) is 0.767. The summed E-state index contributed by atoms with van der Waals surface area (Å²) >= 11 is 3.54. The molecule has 0 radical (unpaired) electrons. The predicted molar refractivity (Wildman–Crippen MR) is 103 cm³/mol. The van der Waals surface area contributed by atoms with Crippen molar-refractivity contribution in [1.29, 1.82) is 0 Å². The summed E-state index contributed by atoms with van der Waals surface area (Å²) in [6.07, 6.45) is 1.72. The molecule has 2 aromatic rings. The van der Waals surface area contributed by atoms with Crippen LogP contribution in [0.25, 0.3) is 6.08 Å². The number of halogens is 1. The van der Waals surface area contributed by atoms with E-state index in [1.54, 1.807) is 13.0 Å². The highest BCUT2D eigenvalue weighted by atomic mass is 79.9. The first-order valence-electron chi connectivity index (χ1n) is 8.19. The summed E-state index contributed by atoms with van der Waals surface area (Å²) in [4.78, 5) is 16.4. The fourth-order valence-corrected chi connectivity index (χ4v) is 3.06. The molecule has 1 heterocycles. The lowest BCUT2D eigenvalue weighted by molar-refractivity contribution is -0.136. The van der Waals surface area contributed by atoms with Gasteiger partial charge in [-0.25, -0.2) is 4.79 Å². The third-order valence-electron chi connectivity index (χ3n) is 3.74. The Morgan fingerprint density at radius 3 is 2.62 bits per heavy atom. The van der Waals surface area contributed by atoms with Crippen molar-refractivity contribution in [2.24, 2.45) is 5.16 Å². The Kier molecular flexibility index (Phi) is 5.73. The molecule has 134 valence electrons. The first kappa shape index (κ1) is 18.2. The normalized spacial score (nSPS) is 15.0. The molecule has 2 aromatic carbocycles. The number of benzene rings is 2. The molecule has 0 atom stereocenters. The summed E-state index contributed by atoms with van der Waals surface area (Å²) < 4.78 is 12.4. The van der Waals surface area contributed by atoms with Crippen molar-refractivity contribution in [3.63, 3.8) is 0 Å². The zero-order valence-electron chi connectivity index (χ0n) is 14.5. The lowest BCUT2D eigenvalue weighted by atomic mass is 10.1. The summed E-state index contributed by atoms with van der Waals surface area (Å²) in [5.41, 5.74) is 2.83. The van der Waals surface area contributed by atoms with Crippen LogP contribution in [0.4, 0.5) is 0 Å². The fraction of sp³-hybridized carbons (Fsp3) is 0.200. The molecule has 0 unspecified atom stereocenters. The number of nitrogens with zero attached hydrogens (tertiary/aromatic N) is 1. The first-order chi connectivity index (χ1) is 12.6. The monoisotopic (exact) mass is 415 g/mol. The molecule has 0 spiro atoms. The minimum absolute atomic E-state index is 0.428. The van der Waals surface area contributed by atoms with E-state index < -0.39 is 5.97 Å². The van der Waals surface area contributed by atoms with E-state index in [1.165, 1.54) is 0 Å². The molecule has 0 aliphatic carbocycles. The average molecular weight is 416 g/mol. The van der Waals surface area contributed by atoms with Crippen LogP contribution in [0.3, 0.4) is 0 Å². The molecule has 0 N–H and O–H groups in total. The SMILES string of the molecule is CCOc1cc(/C=C2/C(=O)ON=C2C)cc(Br)c1OCc1ccccc1. The molecular weight excluding hydrogens is 398 g/mol. The lowest BCUT2D eigenvalue weighted by Gasteiger charge is -2.15. The second kappa shape index (κ2) is 8.19. The Morgan fingerprint density at radius 1 is 1.19 bits per heavy atom. The number of hydrogen-bond acceptors (Lipinski definition) is 5. The molecule has 0 saturated carbocycles. The maximum absolute atomic E-state index is 11.7. The van der Waals surface area contributed by atoms with Gasteiger partial charge in [0.25, 0.3) is 0 Å². The quantitative estimate of drug-likeness (QED) is 0.504. The summed E-state index contributed by atoms with van der Waals surface area (Å²) in [7, 11) is 0. The van der Waals surface area contributed by atoms with Crippen LogP contribution in [0.5, 0.6) is 11.5 Å². The van der Waals surface area contributed by atoms with E-state index in [0.717, 1.165) is 15.6 Å². The highest BCUT2D eigenvalue weighted by Crippen LogP contribution is 2.38. The van der Waals surface area contributed by atoms with Crippen molar-refractivity contribution in [2.75, 3.05) is 6.61 Å². The molecule has 0 aromatic heterocycles. The van der Waals surface area contributed by atoms with Crippen molar-refractivity contribution in [1.82, 2.24) is 0 Å². The van der Waals surface area contributed by atoms with E-state index in [2.05, 4.69) is 25.9 Å². The zero-order valence-corrected chi connectivity index (χ0v) is 16.1. The van der Waals surface area contributed by atoms with E-state index >= 15 is 0 Å². The van der Waals surface area contributed by atoms with Gasteiger partial charge in [0.2, 0.25) is 0 Å². The van der Waals surface area contributed by atoms with Gasteiger partial charge in [0.1, 0.15) is 6.61 Å². The van der Waals surface area contributed by atoms with E-state index in [1.807, 2.05) is 49.4 Å². The molecule has 1 aliphatic heterocycles. The van der Waals surface area contributed by atoms with Crippen molar-refractivity contribution in [3.05, 3.63) is 63.6 Å². The third kappa shape index (κ3) is 4.14. The number of hydrogen-bond donors (Lipinski definition) is 0. The molecule has 0 fully saturated rings. The molecule has 6 heteroatoms. The molecule has 5 nitrogen and oxygen atoms in total. The number of rotatable bonds is 6. The van der Waals surface area contributed by atoms with Crippen molar-refractivity contribution < 1.29 is 19.1 Å². The second-order valence-corrected chi connectivity index (χ2v) is 6.51. The molecule has 1 aliphatic rings. The van der Waals surface area contributed by atoms with E-state index in [-0.39, 0.29) is 0 Å². The summed E-state index contributed by atoms with van der Waals surface area (Å²) in [6.45, 7) is 4.56.